The molecule has 21 heavy (non-hydrogen) atoms. The minimum Gasteiger partial charge on any atom is -0.465 e. The topological polar surface area (TPSA) is 61.5 Å². The van der Waals surface area contributed by atoms with E-state index >= 15 is 0 Å². The van der Waals surface area contributed by atoms with Crippen molar-refractivity contribution in [1.29, 1.82) is 0 Å². The molecule has 0 aromatic heterocycles. The molecule has 0 saturated carbocycles. The highest BCUT2D eigenvalue weighted by molar-refractivity contribution is 5.90. The molecule has 110 valence electrons. The molecule has 2 aromatic rings. The molecule has 0 atom stereocenters. The van der Waals surface area contributed by atoms with Crippen molar-refractivity contribution in [2.45, 2.75) is 19.8 Å². The van der Waals surface area contributed by atoms with E-state index in [1.807, 2.05) is 24.3 Å². The largest absolute Gasteiger partial charge is 0.465 e. The van der Waals surface area contributed by atoms with E-state index in [-0.39, 0.29) is 0 Å². The van der Waals surface area contributed by atoms with Crippen LogP contribution in [0.5, 0.6) is 11.5 Å². The number of carbonyl (C=O) groups excluding carboxylic acids is 1. The molecular formula is C17H19NO3. The molecule has 0 saturated heterocycles. The first-order valence-corrected chi connectivity index (χ1v) is 6.77. The van der Waals surface area contributed by atoms with E-state index in [1.165, 1.54) is 12.7 Å². The van der Waals surface area contributed by atoms with E-state index < -0.39 is 5.97 Å². The average Bonchev–Trinajstić information content (AvgIpc) is 2.49. The molecule has 0 heterocycles. The van der Waals surface area contributed by atoms with Crippen LogP contribution in [-0.2, 0) is 4.74 Å². The number of methoxy groups -OCH3 is 1. The number of benzene rings is 2. The van der Waals surface area contributed by atoms with Gasteiger partial charge in [-0.05, 0) is 41.8 Å². The van der Waals surface area contributed by atoms with Gasteiger partial charge in [-0.15, -0.1) is 0 Å². The van der Waals surface area contributed by atoms with Gasteiger partial charge in [0.05, 0.1) is 18.4 Å². The van der Waals surface area contributed by atoms with Gasteiger partial charge in [0.2, 0.25) is 0 Å². The molecule has 2 aromatic carbocycles. The first-order chi connectivity index (χ1) is 10.0. The van der Waals surface area contributed by atoms with Crippen LogP contribution in [-0.4, -0.2) is 13.1 Å². The second kappa shape index (κ2) is 6.31. The van der Waals surface area contributed by atoms with Crippen LogP contribution in [0.3, 0.4) is 0 Å². The van der Waals surface area contributed by atoms with Gasteiger partial charge in [-0.2, -0.15) is 0 Å². The van der Waals surface area contributed by atoms with Gasteiger partial charge in [-0.3, -0.25) is 0 Å². The smallest absolute Gasteiger partial charge is 0.337 e. The number of esters is 1. The number of hydrogen-bond acceptors (Lipinski definition) is 4. The van der Waals surface area contributed by atoms with E-state index in [1.54, 1.807) is 18.2 Å². The van der Waals surface area contributed by atoms with E-state index in [0.717, 1.165) is 0 Å². The molecule has 0 fully saturated rings. The second-order valence-corrected chi connectivity index (χ2v) is 5.07. The number of anilines is 1. The third-order valence-corrected chi connectivity index (χ3v) is 3.19. The quantitative estimate of drug-likeness (QED) is 0.682. The summed E-state index contributed by atoms with van der Waals surface area (Å²) >= 11 is 0. The van der Waals surface area contributed by atoms with Crippen LogP contribution in [0.4, 0.5) is 5.69 Å². The Labute approximate surface area is 124 Å². The Morgan fingerprint density at radius 1 is 1.14 bits per heavy atom. The standard InChI is InChI=1S/C17H19NO3/c1-11(2)12-5-4-6-14(9-12)21-16-10-13(17(19)20-3)7-8-15(16)18/h4-11H,18H2,1-3H3. The number of nitrogens with two attached hydrogens (primary N) is 1. The van der Waals surface area contributed by atoms with Gasteiger partial charge in [0.15, 0.2) is 5.75 Å². The Bertz CT molecular complexity index is 650. The van der Waals surface area contributed by atoms with Crippen molar-refractivity contribution < 1.29 is 14.3 Å². The lowest BCUT2D eigenvalue weighted by Gasteiger charge is -2.12. The third-order valence-electron chi connectivity index (χ3n) is 3.19. The summed E-state index contributed by atoms with van der Waals surface area (Å²) < 4.78 is 10.5. The Kier molecular flexibility index (Phi) is 4.48. The van der Waals surface area contributed by atoms with Crippen LogP contribution < -0.4 is 10.5 Å². The van der Waals surface area contributed by atoms with Crippen molar-refractivity contribution in [1.82, 2.24) is 0 Å². The molecule has 2 N–H and O–H groups in total. The molecule has 0 aliphatic carbocycles. The third kappa shape index (κ3) is 3.54. The Morgan fingerprint density at radius 2 is 1.90 bits per heavy atom. The fourth-order valence-electron chi connectivity index (χ4n) is 1.93. The predicted octanol–water partition coefficient (Wildman–Crippen LogP) is 3.97. The zero-order valence-corrected chi connectivity index (χ0v) is 12.4. The second-order valence-electron chi connectivity index (χ2n) is 5.07. The maximum atomic E-state index is 11.6. The van der Waals surface area contributed by atoms with E-state index in [2.05, 4.69) is 13.8 Å². The van der Waals surface area contributed by atoms with Crippen LogP contribution in [0.1, 0.15) is 35.7 Å². The van der Waals surface area contributed by atoms with Gasteiger partial charge in [0.1, 0.15) is 5.75 Å². The molecule has 4 heteroatoms. The summed E-state index contributed by atoms with van der Waals surface area (Å²) in [6, 6.07) is 12.6. The van der Waals surface area contributed by atoms with Crippen LogP contribution in [0.2, 0.25) is 0 Å². The first-order valence-electron chi connectivity index (χ1n) is 6.77. The van der Waals surface area contributed by atoms with Crippen molar-refractivity contribution in [2.75, 3.05) is 12.8 Å². The van der Waals surface area contributed by atoms with Crippen molar-refractivity contribution in [3.63, 3.8) is 0 Å². The molecule has 0 spiro atoms. The summed E-state index contributed by atoms with van der Waals surface area (Å²) in [6.07, 6.45) is 0. The number of ether oxygens (including phenoxy) is 2. The number of carbonyl (C=O) groups is 1. The monoisotopic (exact) mass is 285 g/mol. The average molecular weight is 285 g/mol. The summed E-state index contributed by atoms with van der Waals surface area (Å²) in [5, 5.41) is 0. The first kappa shape index (κ1) is 14.9. The van der Waals surface area contributed by atoms with Gasteiger partial charge in [0, 0.05) is 0 Å². The van der Waals surface area contributed by atoms with Crippen LogP contribution in [0.15, 0.2) is 42.5 Å². The number of hydrogen-bond donors (Lipinski definition) is 1. The van der Waals surface area contributed by atoms with Crippen molar-refractivity contribution >= 4 is 11.7 Å². The Morgan fingerprint density at radius 3 is 2.57 bits per heavy atom. The predicted molar refractivity (Wildman–Crippen MR) is 82.8 cm³/mol. The number of rotatable bonds is 4. The maximum Gasteiger partial charge on any atom is 0.337 e. The van der Waals surface area contributed by atoms with E-state index in [9.17, 15) is 4.79 Å². The lowest BCUT2D eigenvalue weighted by molar-refractivity contribution is 0.0600. The van der Waals surface area contributed by atoms with Gasteiger partial charge in [-0.1, -0.05) is 26.0 Å². The van der Waals surface area contributed by atoms with E-state index in [4.69, 9.17) is 15.2 Å². The van der Waals surface area contributed by atoms with Crippen LogP contribution in [0.25, 0.3) is 0 Å². The van der Waals surface area contributed by atoms with Gasteiger partial charge in [-0.25, -0.2) is 4.79 Å². The molecule has 0 aliphatic rings. The molecular weight excluding hydrogens is 266 g/mol. The SMILES string of the molecule is COC(=O)c1ccc(N)c(Oc2cccc(C(C)C)c2)c1. The molecule has 0 unspecified atom stereocenters. The minimum atomic E-state index is -0.421. The minimum absolute atomic E-state index is 0.404. The lowest BCUT2D eigenvalue weighted by atomic mass is 10.0. The highest BCUT2D eigenvalue weighted by atomic mass is 16.5. The Hall–Kier alpha value is -2.49. The normalized spacial score (nSPS) is 10.5. The zero-order valence-electron chi connectivity index (χ0n) is 12.4. The highest BCUT2D eigenvalue weighted by Crippen LogP contribution is 2.30. The number of nitrogen functional groups attached to an aromatic ring is 1. The summed E-state index contributed by atoms with van der Waals surface area (Å²) in [6.45, 7) is 4.23. The molecule has 2 rings (SSSR count). The molecule has 0 aliphatic heterocycles. The van der Waals surface area contributed by atoms with Gasteiger partial charge < -0.3 is 15.2 Å². The van der Waals surface area contributed by atoms with Crippen molar-refractivity contribution in [3.8, 4) is 11.5 Å². The highest BCUT2D eigenvalue weighted by Gasteiger charge is 2.10. The van der Waals surface area contributed by atoms with Crippen LogP contribution >= 0.6 is 0 Å². The summed E-state index contributed by atoms with van der Waals surface area (Å²) in [5.74, 6) is 1.12. The summed E-state index contributed by atoms with van der Waals surface area (Å²) in [5.41, 5.74) is 7.95. The van der Waals surface area contributed by atoms with Gasteiger partial charge >= 0.3 is 5.97 Å². The van der Waals surface area contributed by atoms with Crippen molar-refractivity contribution in [2.24, 2.45) is 0 Å². The van der Waals surface area contributed by atoms with Crippen molar-refractivity contribution in [3.05, 3.63) is 53.6 Å². The van der Waals surface area contributed by atoms with E-state index in [0.29, 0.717) is 28.7 Å². The fraction of sp³-hybridized carbons (Fsp3) is 0.235. The zero-order chi connectivity index (χ0) is 15.4. The van der Waals surface area contributed by atoms with Crippen LogP contribution in [0, 0.1) is 0 Å². The molecule has 0 bridgehead atoms. The molecule has 0 radical (unpaired) electrons. The molecule has 4 nitrogen and oxygen atoms in total. The maximum absolute atomic E-state index is 11.6. The fourth-order valence-corrected chi connectivity index (χ4v) is 1.93. The lowest BCUT2D eigenvalue weighted by Crippen LogP contribution is -2.02. The molecule has 0 amide bonds. The Balaban J connectivity index is 2.30. The van der Waals surface area contributed by atoms with Gasteiger partial charge in [0.25, 0.3) is 0 Å². The summed E-state index contributed by atoms with van der Waals surface area (Å²) in [4.78, 5) is 11.6. The summed E-state index contributed by atoms with van der Waals surface area (Å²) in [7, 11) is 1.34.